The highest BCUT2D eigenvalue weighted by Crippen LogP contribution is 2.42. The summed E-state index contributed by atoms with van der Waals surface area (Å²) in [5.74, 6) is -1.62. The molecular formula is C71H120N2O55. The Morgan fingerprint density at radius 1 is 0.211 bits per heavy atom. The third kappa shape index (κ3) is 22.5. The lowest BCUT2D eigenvalue weighted by Gasteiger charge is -2.51. The van der Waals surface area contributed by atoms with E-state index >= 15 is 0 Å². The lowest BCUT2D eigenvalue weighted by atomic mass is 9.92. The maximum atomic E-state index is 13.2. The van der Waals surface area contributed by atoms with Gasteiger partial charge < -0.3 is 274 Å². The van der Waals surface area contributed by atoms with Crippen LogP contribution in [-0.2, 0) is 109 Å². The van der Waals surface area contributed by atoms with Crippen molar-refractivity contribution in [3.05, 3.63) is 0 Å². The van der Waals surface area contributed by atoms with E-state index in [2.05, 4.69) is 10.6 Å². The van der Waals surface area contributed by atoms with Crippen LogP contribution < -0.4 is 10.6 Å². The predicted octanol–water partition coefficient (Wildman–Crippen LogP) is -23.6. The van der Waals surface area contributed by atoms with Crippen LogP contribution in [-0.4, -0.2) is 585 Å². The quantitative estimate of drug-likeness (QED) is 0.0290. The highest BCUT2D eigenvalue weighted by molar-refractivity contribution is 5.73. The Morgan fingerprint density at radius 3 is 0.781 bits per heavy atom. The lowest BCUT2D eigenvalue weighted by molar-refractivity contribution is -0.408. The van der Waals surface area contributed by atoms with Gasteiger partial charge in [0.05, 0.1) is 84.8 Å². The molecule has 11 rings (SSSR count). The van der Waals surface area contributed by atoms with E-state index in [9.17, 15) is 173 Å². The van der Waals surface area contributed by atoms with Crippen molar-refractivity contribution in [1.29, 1.82) is 0 Å². The van der Waals surface area contributed by atoms with E-state index in [1.165, 1.54) is 6.92 Å². The number of hydrogen-bond donors (Lipinski definition) is 34. The van der Waals surface area contributed by atoms with Gasteiger partial charge in [0.2, 0.25) is 11.8 Å². The summed E-state index contributed by atoms with van der Waals surface area (Å²) >= 11 is 0. The van der Waals surface area contributed by atoms with Crippen molar-refractivity contribution >= 4 is 11.8 Å². The van der Waals surface area contributed by atoms with Crippen molar-refractivity contribution < 1.29 is 272 Å². The first kappa shape index (κ1) is 105. The largest absolute Gasteiger partial charge is 0.394 e. The van der Waals surface area contributed by atoms with Gasteiger partial charge in [-0.25, -0.2) is 0 Å². The molecule has 0 spiro atoms. The molecule has 744 valence electrons. The topological polar surface area (TPSA) is 899 Å². The molecule has 57 nitrogen and oxygen atoms in total. The van der Waals surface area contributed by atoms with Crippen LogP contribution in [0.25, 0.3) is 0 Å². The zero-order valence-corrected chi connectivity index (χ0v) is 68.2. The van der Waals surface area contributed by atoms with E-state index in [1.54, 1.807) is 0 Å². The molecule has 11 aliphatic rings. The molecule has 0 aromatic rings. The van der Waals surface area contributed by atoms with Crippen LogP contribution in [0.4, 0.5) is 0 Å². The van der Waals surface area contributed by atoms with Gasteiger partial charge in [-0.05, 0) is 6.92 Å². The average molecular weight is 1880 g/mol. The van der Waals surface area contributed by atoms with Gasteiger partial charge in [0, 0.05) is 13.8 Å². The van der Waals surface area contributed by atoms with E-state index in [-0.39, 0.29) is 0 Å². The number of ether oxygens (including phenoxy) is 21. The van der Waals surface area contributed by atoms with Crippen molar-refractivity contribution in [3.8, 4) is 0 Å². The van der Waals surface area contributed by atoms with E-state index in [1.807, 2.05) is 0 Å². The fraction of sp³-hybridized carbons (Fsp3) is 0.972. The summed E-state index contributed by atoms with van der Waals surface area (Å²) in [5.41, 5.74) is 0. The molecule has 57 heteroatoms. The van der Waals surface area contributed by atoms with Crippen molar-refractivity contribution in [2.24, 2.45) is 0 Å². The van der Waals surface area contributed by atoms with Crippen LogP contribution in [0, 0.1) is 0 Å². The molecule has 0 bridgehead atoms. The first-order valence-corrected chi connectivity index (χ1v) is 41.0. The van der Waals surface area contributed by atoms with Crippen LogP contribution in [0.1, 0.15) is 20.8 Å². The molecule has 11 saturated heterocycles. The second-order valence-electron chi connectivity index (χ2n) is 32.7. The number of rotatable bonds is 33. The molecule has 11 heterocycles. The first-order chi connectivity index (χ1) is 60.7. The van der Waals surface area contributed by atoms with Crippen molar-refractivity contribution in [1.82, 2.24) is 10.6 Å². The predicted molar refractivity (Wildman–Crippen MR) is 389 cm³/mol. The van der Waals surface area contributed by atoms with Crippen molar-refractivity contribution in [2.75, 3.05) is 72.7 Å². The molecule has 34 N–H and O–H groups in total. The minimum atomic E-state index is -2.67. The lowest BCUT2D eigenvalue weighted by Crippen LogP contribution is -2.70. The van der Waals surface area contributed by atoms with Gasteiger partial charge >= 0.3 is 0 Å². The molecule has 22 unspecified atom stereocenters. The summed E-state index contributed by atoms with van der Waals surface area (Å²) in [6.07, 6.45) is -115. The van der Waals surface area contributed by atoms with Gasteiger partial charge in [-0.2, -0.15) is 0 Å². The standard InChI is InChI=1S/C71H120N2O55/c1-15-29(72-16(2)83)40(94)54(25(11-81)110-15)121-62-30(73-17(3)84)41(95)55(26(12-82)118-62)122-67-53(107)57(124-70-61(48(102)37(91)23(9-79)116-70)128-71-60(47(101)36(90)24(10-80)117-71)127-66-51(105)44(98)33(87)20(6-76)113-66)39(93)28(120-67)13-108-63-52(106)56(123-69-59(46(100)35(89)22(8-78)115-69)126-65-50(104)43(97)32(86)19(5-75)112-65)38(92)27(119-63)14-109-68-58(45(99)34(88)21(7-77)114-68)125-64-49(103)42(96)31(85)18(4-74)111-64/h15,18-71,74-82,85-107H,4-14H2,1-3H3,(H,72,83)(H,73,84)/t15-,18?,19?,20?,21?,22?,23?,24?,25?,26?,27?,28?,29?,30?,31+,32+,33+,34+,35+,36+,37+,38+,39+,40+,41+,42-,43-,44-,45-,46-,47-,48-,49?,50?,51?,52?,53?,54+,55+,56-,57-,58?,59?,60?,61?,62-,63-,64+,65+,66+,67-,68-,69+,70+,71+/m0/s1. The smallest absolute Gasteiger partial charge is 0.217 e. The zero-order valence-electron chi connectivity index (χ0n) is 68.2. The number of amides is 2. The molecule has 0 saturated carbocycles. The van der Waals surface area contributed by atoms with Crippen molar-refractivity contribution in [3.63, 3.8) is 0 Å². The first-order valence-electron chi connectivity index (χ1n) is 41.0. The molecule has 0 radical (unpaired) electrons. The highest BCUT2D eigenvalue weighted by atomic mass is 16.8. The second-order valence-corrected chi connectivity index (χ2v) is 32.7. The number of hydrogen-bond acceptors (Lipinski definition) is 55. The third-order valence-corrected chi connectivity index (χ3v) is 24.0. The maximum absolute atomic E-state index is 13.2. The summed E-state index contributed by atoms with van der Waals surface area (Å²) in [5, 5.41) is 362. The summed E-state index contributed by atoms with van der Waals surface area (Å²) in [7, 11) is 0. The zero-order chi connectivity index (χ0) is 94.0. The molecule has 128 heavy (non-hydrogen) atoms. The number of aliphatic hydroxyl groups excluding tert-OH is 32. The van der Waals surface area contributed by atoms with Crippen LogP contribution in [0.3, 0.4) is 0 Å². The molecule has 0 aliphatic carbocycles. The second kappa shape index (κ2) is 45.9. The van der Waals surface area contributed by atoms with Crippen LogP contribution in [0.5, 0.6) is 0 Å². The summed E-state index contributed by atoms with van der Waals surface area (Å²) < 4.78 is 125. The van der Waals surface area contributed by atoms with E-state index in [0.29, 0.717) is 0 Å². The van der Waals surface area contributed by atoms with Gasteiger partial charge in [-0.1, -0.05) is 0 Å². The minimum absolute atomic E-state index is 0.664. The number of carbonyl (C=O) groups is 2. The molecular weight excluding hydrogens is 1760 g/mol. The number of carbonyl (C=O) groups excluding carboxylic acids is 2. The van der Waals surface area contributed by atoms with Crippen molar-refractivity contribution in [2.45, 2.75) is 358 Å². The molecule has 11 aliphatic heterocycles. The Bertz CT molecular complexity index is 3380. The molecule has 0 aromatic carbocycles. The van der Waals surface area contributed by atoms with Crippen LogP contribution in [0.15, 0.2) is 0 Å². The summed E-state index contributed by atoms with van der Waals surface area (Å²) in [6.45, 7) is -9.06. The molecule has 0 aromatic heterocycles. The molecule has 11 fully saturated rings. The average Bonchev–Trinajstić information content (AvgIpc) is 0.764. The van der Waals surface area contributed by atoms with E-state index in [0.717, 1.165) is 13.8 Å². The number of nitrogens with one attached hydrogen (secondary N) is 2. The summed E-state index contributed by atoms with van der Waals surface area (Å²) in [4.78, 5) is 25.5. The highest BCUT2D eigenvalue weighted by Gasteiger charge is 2.62. The SMILES string of the molecule is CC(=O)NC1[C@H](O[C@@H]2C(CO)O[C@@H](C)C(NC(C)=O)[C@H]2O)OC(CO)[C@@H](O[C@@H]2OC(CO[C@H]3OC(CO[C@H]4OC(CO)[C@@H](O)[C@H](O)C4O[C@H]4OC(CO)[C@@H](O)[C@H](O)C4O)[C@@H](O)[C@H](O[C@H]4OC(CO)[C@@H](O)[C@H](O)C4O[C@H]4OC(CO)[C@@H](O)[C@H](O)C4O)C3O)[C@@H](O)[C@H](O[C@H]3OC(CO)[C@@H](O)[C@H](O)C3O[C@H]3OC(CO)[C@@H](O)[C@H](O)C3O[C@H]3OC(CO)[C@@H](O)[C@H](O)C3O)C2O)[C@@H]1O. The fourth-order valence-corrected chi connectivity index (χ4v) is 16.7. The Labute approximate surface area is 723 Å². The van der Waals surface area contributed by atoms with Gasteiger partial charge in [0.15, 0.2) is 62.9 Å². The van der Waals surface area contributed by atoms with Crippen LogP contribution >= 0.6 is 0 Å². The Morgan fingerprint density at radius 2 is 0.438 bits per heavy atom. The Kier molecular flexibility index (Phi) is 37.7. The summed E-state index contributed by atoms with van der Waals surface area (Å²) in [6, 6.07) is -3.20. The van der Waals surface area contributed by atoms with Gasteiger partial charge in [0.1, 0.15) is 262 Å². The Hall–Kier alpha value is -3.18. The van der Waals surface area contributed by atoms with Gasteiger partial charge in [-0.15, -0.1) is 0 Å². The normalized spacial score (nSPS) is 51.7. The minimum Gasteiger partial charge on any atom is -0.394 e. The van der Waals surface area contributed by atoms with E-state index < -0.39 is 422 Å². The Balaban J connectivity index is 0.961. The van der Waals surface area contributed by atoms with Gasteiger partial charge in [-0.3, -0.25) is 9.59 Å². The van der Waals surface area contributed by atoms with E-state index in [4.69, 9.17) is 99.5 Å². The van der Waals surface area contributed by atoms with Crippen LogP contribution in [0.2, 0.25) is 0 Å². The molecule has 55 atom stereocenters. The fourth-order valence-electron chi connectivity index (χ4n) is 16.7. The number of aliphatic hydroxyl groups is 32. The third-order valence-electron chi connectivity index (χ3n) is 24.0. The molecule has 2 amide bonds. The monoisotopic (exact) mass is 1880 g/mol. The van der Waals surface area contributed by atoms with Gasteiger partial charge in [0.25, 0.3) is 0 Å². The maximum Gasteiger partial charge on any atom is 0.217 e.